The van der Waals surface area contributed by atoms with E-state index in [1.807, 2.05) is 11.3 Å². The molecule has 9 aromatic carbocycles. The van der Waals surface area contributed by atoms with Crippen LogP contribution in [-0.2, 0) is 5.41 Å². The van der Waals surface area contributed by atoms with E-state index in [9.17, 15) is 0 Å². The SMILES string of the molecule is CC1(C)c2ccccc2-c2cc3c4ccccc4c4cc5c(cc4c3cc21)sc1c(-c2ccc3c(c2)c2ccccc2n3-c2ccccc2)cccc15. The van der Waals surface area contributed by atoms with Crippen LogP contribution in [0.1, 0.15) is 25.0 Å². The van der Waals surface area contributed by atoms with Gasteiger partial charge in [0.25, 0.3) is 0 Å². The highest BCUT2D eigenvalue weighted by Crippen LogP contribution is 2.52. The monoisotopic (exact) mass is 691 g/mol. The van der Waals surface area contributed by atoms with Crippen LogP contribution in [0, 0.1) is 0 Å². The van der Waals surface area contributed by atoms with Crippen LogP contribution >= 0.6 is 11.3 Å². The molecular formula is C51H33NS. The summed E-state index contributed by atoms with van der Waals surface area (Å²) in [4.78, 5) is 0. The summed E-state index contributed by atoms with van der Waals surface area (Å²) in [6, 6.07) is 61.4. The van der Waals surface area contributed by atoms with E-state index in [0.717, 1.165) is 0 Å². The summed E-state index contributed by atoms with van der Waals surface area (Å²) in [7, 11) is 0. The summed E-state index contributed by atoms with van der Waals surface area (Å²) in [6.45, 7) is 4.77. The fourth-order valence-electron chi connectivity index (χ4n) is 9.66. The zero-order chi connectivity index (χ0) is 35.0. The smallest absolute Gasteiger partial charge is 0.0541 e. The van der Waals surface area contributed by atoms with Crippen molar-refractivity contribution < 1.29 is 0 Å². The molecule has 2 heterocycles. The molecule has 0 radical (unpaired) electrons. The predicted octanol–water partition coefficient (Wildman–Crippen LogP) is 14.6. The number of hydrogen-bond donors (Lipinski definition) is 0. The molecule has 0 bridgehead atoms. The Bertz CT molecular complexity index is 3360. The molecule has 0 atom stereocenters. The van der Waals surface area contributed by atoms with Gasteiger partial charge in [0.2, 0.25) is 0 Å². The maximum absolute atomic E-state index is 2.52. The van der Waals surface area contributed by atoms with Crippen molar-refractivity contribution in [1.82, 2.24) is 4.57 Å². The Morgan fingerprint density at radius 2 is 1.04 bits per heavy atom. The van der Waals surface area contributed by atoms with Crippen LogP contribution < -0.4 is 0 Å². The highest BCUT2D eigenvalue weighted by molar-refractivity contribution is 7.26. The zero-order valence-electron chi connectivity index (χ0n) is 29.4. The van der Waals surface area contributed by atoms with E-state index in [4.69, 9.17) is 0 Å². The zero-order valence-corrected chi connectivity index (χ0v) is 30.3. The first kappa shape index (κ1) is 29.4. The summed E-state index contributed by atoms with van der Waals surface area (Å²) in [6.07, 6.45) is 0. The molecule has 11 aromatic rings. The second-order valence-electron chi connectivity index (χ2n) is 15.3. The largest absolute Gasteiger partial charge is 0.309 e. The predicted molar refractivity (Wildman–Crippen MR) is 229 cm³/mol. The molecule has 0 aliphatic heterocycles. The molecule has 0 saturated carbocycles. The molecular weight excluding hydrogens is 659 g/mol. The highest BCUT2D eigenvalue weighted by atomic mass is 32.1. The minimum atomic E-state index is -0.0524. The van der Waals surface area contributed by atoms with Crippen molar-refractivity contribution in [3.63, 3.8) is 0 Å². The molecule has 1 nitrogen and oxygen atoms in total. The van der Waals surface area contributed by atoms with E-state index in [1.165, 1.54) is 113 Å². The lowest BCUT2D eigenvalue weighted by molar-refractivity contribution is 0.661. The minimum absolute atomic E-state index is 0.0524. The fraction of sp³-hybridized carbons (Fsp3) is 0.0588. The van der Waals surface area contributed by atoms with Crippen molar-refractivity contribution in [3.05, 3.63) is 175 Å². The summed E-state index contributed by atoms with van der Waals surface area (Å²) in [5.41, 5.74) is 11.7. The first-order chi connectivity index (χ1) is 26.0. The molecule has 0 amide bonds. The van der Waals surface area contributed by atoms with Crippen LogP contribution in [-0.4, -0.2) is 4.57 Å². The van der Waals surface area contributed by atoms with Crippen LogP contribution in [0.15, 0.2) is 164 Å². The van der Waals surface area contributed by atoms with Crippen LogP contribution in [0.2, 0.25) is 0 Å². The lowest BCUT2D eigenvalue weighted by atomic mass is 9.81. The van der Waals surface area contributed by atoms with E-state index in [1.54, 1.807) is 0 Å². The summed E-state index contributed by atoms with van der Waals surface area (Å²) in [5, 5.41) is 13.2. The number of nitrogens with zero attached hydrogens (tertiary/aromatic N) is 1. The highest BCUT2D eigenvalue weighted by Gasteiger charge is 2.35. The minimum Gasteiger partial charge on any atom is -0.309 e. The summed E-state index contributed by atoms with van der Waals surface area (Å²) >= 11 is 1.93. The normalized spacial score (nSPS) is 13.6. The van der Waals surface area contributed by atoms with Gasteiger partial charge in [0.1, 0.15) is 0 Å². The Morgan fingerprint density at radius 1 is 0.396 bits per heavy atom. The number of hydrogen-bond acceptors (Lipinski definition) is 1. The average molecular weight is 692 g/mol. The van der Waals surface area contributed by atoms with Gasteiger partial charge in [0.05, 0.1) is 11.0 Å². The molecule has 12 rings (SSSR count). The van der Waals surface area contributed by atoms with E-state index >= 15 is 0 Å². The van der Waals surface area contributed by atoms with Crippen LogP contribution in [0.5, 0.6) is 0 Å². The topological polar surface area (TPSA) is 4.93 Å². The van der Waals surface area contributed by atoms with Gasteiger partial charge >= 0.3 is 0 Å². The molecule has 248 valence electrons. The van der Waals surface area contributed by atoms with Crippen molar-refractivity contribution in [2.45, 2.75) is 19.3 Å². The Hall–Kier alpha value is -6.22. The number of rotatable bonds is 2. The van der Waals surface area contributed by atoms with Gasteiger partial charge in [-0.1, -0.05) is 123 Å². The molecule has 0 N–H and O–H groups in total. The van der Waals surface area contributed by atoms with E-state index in [2.05, 4.69) is 182 Å². The van der Waals surface area contributed by atoms with Crippen molar-refractivity contribution in [2.75, 3.05) is 0 Å². The third-order valence-electron chi connectivity index (χ3n) is 12.2. The first-order valence-corrected chi connectivity index (χ1v) is 19.3. The van der Waals surface area contributed by atoms with Crippen molar-refractivity contribution in [1.29, 1.82) is 0 Å². The van der Waals surface area contributed by atoms with Gasteiger partial charge in [0.15, 0.2) is 0 Å². The lowest BCUT2D eigenvalue weighted by Crippen LogP contribution is -2.14. The second kappa shape index (κ2) is 10.4. The number of aromatic nitrogens is 1. The fourth-order valence-corrected chi connectivity index (χ4v) is 10.9. The molecule has 0 saturated heterocycles. The van der Waals surface area contributed by atoms with Gasteiger partial charge in [-0.05, 0) is 120 Å². The first-order valence-electron chi connectivity index (χ1n) is 18.5. The second-order valence-corrected chi connectivity index (χ2v) is 16.3. The van der Waals surface area contributed by atoms with E-state index in [-0.39, 0.29) is 5.41 Å². The number of thiophene rings is 1. The van der Waals surface area contributed by atoms with Gasteiger partial charge in [-0.25, -0.2) is 0 Å². The van der Waals surface area contributed by atoms with Crippen molar-refractivity contribution in [3.8, 4) is 27.9 Å². The molecule has 0 fully saturated rings. The molecule has 1 aliphatic rings. The Labute approximate surface area is 311 Å². The maximum Gasteiger partial charge on any atom is 0.0541 e. The summed E-state index contributed by atoms with van der Waals surface area (Å²) < 4.78 is 5.07. The Balaban J connectivity index is 1.12. The van der Waals surface area contributed by atoms with Gasteiger partial charge < -0.3 is 4.57 Å². The third kappa shape index (κ3) is 3.91. The van der Waals surface area contributed by atoms with E-state index in [0.29, 0.717) is 0 Å². The van der Waals surface area contributed by atoms with Crippen molar-refractivity contribution >= 4 is 85.6 Å². The maximum atomic E-state index is 2.52. The number of para-hydroxylation sites is 2. The Kier molecular flexibility index (Phi) is 5.78. The molecule has 2 aromatic heterocycles. The average Bonchev–Trinajstić information content (AvgIpc) is 3.82. The van der Waals surface area contributed by atoms with Crippen LogP contribution in [0.25, 0.3) is 102 Å². The van der Waals surface area contributed by atoms with Gasteiger partial charge in [-0.3, -0.25) is 0 Å². The van der Waals surface area contributed by atoms with Crippen molar-refractivity contribution in [2.24, 2.45) is 0 Å². The van der Waals surface area contributed by atoms with Crippen LogP contribution in [0.3, 0.4) is 0 Å². The lowest BCUT2D eigenvalue weighted by Gasteiger charge is -2.22. The molecule has 2 heteroatoms. The molecule has 0 unspecified atom stereocenters. The van der Waals surface area contributed by atoms with Gasteiger partial charge in [-0.15, -0.1) is 11.3 Å². The Morgan fingerprint density at radius 3 is 1.89 bits per heavy atom. The quantitative estimate of drug-likeness (QED) is 0.159. The van der Waals surface area contributed by atoms with E-state index < -0.39 is 0 Å². The summed E-state index contributed by atoms with van der Waals surface area (Å²) in [5.74, 6) is 0. The molecule has 0 spiro atoms. The number of fused-ring (bicyclic) bond motifs is 15. The van der Waals surface area contributed by atoms with Crippen LogP contribution in [0.4, 0.5) is 0 Å². The van der Waals surface area contributed by atoms with Gasteiger partial charge in [-0.2, -0.15) is 0 Å². The molecule has 1 aliphatic carbocycles. The standard InChI is InChI=1S/C51H33NS/c1-51(2)45-21-10-8-17-35(45)42-26-38-33-15-6-7-16-34(33)39-27-44-37-20-12-19-32(50(37)53-49(44)29-41(39)40(38)28-46(42)51)30-23-24-48-43(25-30)36-18-9-11-22-47(36)52(48)31-13-4-3-5-14-31/h3-29H,1-2H3. The third-order valence-corrected chi connectivity index (χ3v) is 13.4. The number of benzene rings is 9. The molecule has 53 heavy (non-hydrogen) atoms. The van der Waals surface area contributed by atoms with Gasteiger partial charge in [0, 0.05) is 42.0 Å².